The number of fused-ring (bicyclic) bond motifs is 1. The van der Waals surface area contributed by atoms with Crippen molar-refractivity contribution in [2.24, 2.45) is 11.3 Å². The van der Waals surface area contributed by atoms with Gasteiger partial charge in [0.05, 0.1) is 12.0 Å². The molecule has 1 saturated heterocycles. The van der Waals surface area contributed by atoms with Gasteiger partial charge in [0.25, 0.3) is 0 Å². The lowest BCUT2D eigenvalue weighted by Gasteiger charge is -2.45. The molecule has 2 heterocycles. The van der Waals surface area contributed by atoms with Crippen LogP contribution in [0.2, 0.25) is 0 Å². The third-order valence-corrected chi connectivity index (χ3v) is 4.91. The van der Waals surface area contributed by atoms with E-state index in [1.807, 2.05) is 25.1 Å². The van der Waals surface area contributed by atoms with E-state index >= 15 is 0 Å². The van der Waals surface area contributed by atoms with Gasteiger partial charge in [-0.25, -0.2) is 0 Å². The summed E-state index contributed by atoms with van der Waals surface area (Å²) in [6.07, 6.45) is 1.70. The van der Waals surface area contributed by atoms with Gasteiger partial charge in [-0.05, 0) is 32.4 Å². The summed E-state index contributed by atoms with van der Waals surface area (Å²) in [6, 6.07) is 8.41. The number of carboxylic acids is 1. The number of rotatable bonds is 2. The molecule has 0 spiro atoms. The molecule has 0 amide bonds. The summed E-state index contributed by atoms with van der Waals surface area (Å²) in [5.74, 6) is 0.638. The Kier molecular flexibility index (Phi) is 3.66. The van der Waals surface area contributed by atoms with Gasteiger partial charge < -0.3 is 9.84 Å². The zero-order valence-corrected chi connectivity index (χ0v) is 12.7. The molecule has 2 aliphatic heterocycles. The Morgan fingerprint density at radius 3 is 2.95 bits per heavy atom. The van der Waals surface area contributed by atoms with Crippen molar-refractivity contribution in [1.29, 1.82) is 0 Å². The fourth-order valence-electron chi connectivity index (χ4n) is 3.72. The fraction of sp³-hybridized carbons (Fsp3) is 0.588. The van der Waals surface area contributed by atoms with Crippen LogP contribution in [0.5, 0.6) is 5.75 Å². The first-order chi connectivity index (χ1) is 10.0. The van der Waals surface area contributed by atoms with Gasteiger partial charge in [-0.3, -0.25) is 9.69 Å². The van der Waals surface area contributed by atoms with Crippen molar-refractivity contribution in [3.8, 4) is 5.75 Å². The minimum absolute atomic E-state index is 0.258. The Labute approximate surface area is 125 Å². The molecular weight excluding hydrogens is 266 g/mol. The average Bonchev–Trinajstić information content (AvgIpc) is 2.47. The zero-order valence-electron chi connectivity index (χ0n) is 12.7. The van der Waals surface area contributed by atoms with Crippen molar-refractivity contribution in [3.63, 3.8) is 0 Å². The van der Waals surface area contributed by atoms with Gasteiger partial charge in [0.1, 0.15) is 5.75 Å². The van der Waals surface area contributed by atoms with E-state index in [-0.39, 0.29) is 6.04 Å². The lowest BCUT2D eigenvalue weighted by molar-refractivity contribution is -0.152. The smallest absolute Gasteiger partial charge is 0.310 e. The van der Waals surface area contributed by atoms with Gasteiger partial charge in [0.2, 0.25) is 0 Å². The predicted octanol–water partition coefficient (Wildman–Crippen LogP) is 2.94. The third-order valence-electron chi connectivity index (χ3n) is 4.91. The van der Waals surface area contributed by atoms with Crippen LogP contribution < -0.4 is 4.74 Å². The number of carboxylic acid groups (broad SMARTS) is 1. The molecule has 3 unspecified atom stereocenters. The van der Waals surface area contributed by atoms with Crippen molar-refractivity contribution in [1.82, 2.24) is 4.90 Å². The molecular formula is C17H23NO3. The summed E-state index contributed by atoms with van der Waals surface area (Å²) >= 11 is 0. The van der Waals surface area contributed by atoms with Crippen LogP contribution in [0.3, 0.4) is 0 Å². The molecule has 21 heavy (non-hydrogen) atoms. The van der Waals surface area contributed by atoms with Gasteiger partial charge in [-0.15, -0.1) is 0 Å². The number of hydrogen-bond acceptors (Lipinski definition) is 3. The maximum atomic E-state index is 11.6. The number of benzene rings is 1. The molecule has 0 aromatic heterocycles. The second kappa shape index (κ2) is 5.34. The number of nitrogens with zero attached hydrogens (tertiary/aromatic N) is 1. The quantitative estimate of drug-likeness (QED) is 0.909. The molecule has 1 aromatic rings. The highest BCUT2D eigenvalue weighted by Gasteiger charge is 2.42. The van der Waals surface area contributed by atoms with Gasteiger partial charge in [0.15, 0.2) is 0 Å². The lowest BCUT2D eigenvalue weighted by Crippen LogP contribution is -2.49. The Morgan fingerprint density at radius 1 is 1.43 bits per heavy atom. The molecule has 4 nitrogen and oxygen atoms in total. The van der Waals surface area contributed by atoms with Crippen molar-refractivity contribution in [2.45, 2.75) is 32.7 Å². The van der Waals surface area contributed by atoms with Crippen LogP contribution in [-0.4, -0.2) is 35.7 Å². The van der Waals surface area contributed by atoms with E-state index in [2.05, 4.69) is 17.9 Å². The third kappa shape index (κ3) is 2.53. The number of hydrogen-bond donors (Lipinski definition) is 1. The van der Waals surface area contributed by atoms with Crippen molar-refractivity contribution < 1.29 is 14.6 Å². The van der Waals surface area contributed by atoms with E-state index in [4.69, 9.17) is 4.74 Å². The van der Waals surface area contributed by atoms with Crippen LogP contribution in [0.25, 0.3) is 0 Å². The van der Waals surface area contributed by atoms with Crippen LogP contribution in [0.4, 0.5) is 0 Å². The molecule has 0 aliphatic carbocycles. The van der Waals surface area contributed by atoms with E-state index in [0.29, 0.717) is 19.1 Å². The molecule has 2 aliphatic rings. The van der Waals surface area contributed by atoms with Gasteiger partial charge in [-0.2, -0.15) is 0 Å². The summed E-state index contributed by atoms with van der Waals surface area (Å²) in [5.41, 5.74) is 0.566. The van der Waals surface area contributed by atoms with Crippen LogP contribution in [-0.2, 0) is 4.79 Å². The topological polar surface area (TPSA) is 49.8 Å². The number of carbonyl (C=O) groups is 1. The standard InChI is InChI=1S/C17H23NO3/c1-12-10-21-14-7-4-3-6-13(14)15(12)18-9-5-8-17(2,11-18)16(19)20/h3-4,6-7,12,15H,5,8-11H2,1-2H3,(H,19,20). The summed E-state index contributed by atoms with van der Waals surface area (Å²) in [4.78, 5) is 13.9. The maximum Gasteiger partial charge on any atom is 0.310 e. The summed E-state index contributed by atoms with van der Waals surface area (Å²) in [5, 5.41) is 9.52. The van der Waals surface area contributed by atoms with E-state index in [0.717, 1.165) is 25.1 Å². The molecule has 0 bridgehead atoms. The van der Waals surface area contributed by atoms with Gasteiger partial charge in [0, 0.05) is 24.1 Å². The summed E-state index contributed by atoms with van der Waals surface area (Å²) in [6.45, 7) is 6.34. The van der Waals surface area contributed by atoms with E-state index in [9.17, 15) is 9.90 Å². The first kappa shape index (κ1) is 14.4. The Bertz CT molecular complexity index is 545. The zero-order chi connectivity index (χ0) is 15.0. The summed E-state index contributed by atoms with van der Waals surface area (Å²) in [7, 11) is 0. The Balaban J connectivity index is 1.91. The molecule has 114 valence electrons. The molecule has 0 radical (unpaired) electrons. The largest absolute Gasteiger partial charge is 0.493 e. The highest BCUT2D eigenvalue weighted by Crippen LogP contribution is 2.42. The second-order valence-electron chi connectivity index (χ2n) is 6.71. The van der Waals surface area contributed by atoms with E-state index in [1.165, 1.54) is 5.56 Å². The monoisotopic (exact) mass is 289 g/mol. The van der Waals surface area contributed by atoms with Gasteiger partial charge in [-0.1, -0.05) is 25.1 Å². The molecule has 1 N–H and O–H groups in total. The van der Waals surface area contributed by atoms with E-state index < -0.39 is 11.4 Å². The first-order valence-electron chi connectivity index (χ1n) is 7.70. The van der Waals surface area contributed by atoms with Crippen molar-refractivity contribution in [3.05, 3.63) is 29.8 Å². The Hall–Kier alpha value is -1.55. The van der Waals surface area contributed by atoms with Crippen molar-refractivity contribution >= 4 is 5.97 Å². The molecule has 3 atom stereocenters. The van der Waals surface area contributed by atoms with Crippen LogP contribution in [0.15, 0.2) is 24.3 Å². The van der Waals surface area contributed by atoms with Crippen LogP contribution in [0.1, 0.15) is 38.3 Å². The molecule has 4 heteroatoms. The number of ether oxygens (including phenoxy) is 1. The van der Waals surface area contributed by atoms with Crippen LogP contribution in [0, 0.1) is 11.3 Å². The first-order valence-corrected chi connectivity index (χ1v) is 7.70. The number of para-hydroxylation sites is 1. The normalized spacial score (nSPS) is 33.0. The molecule has 1 fully saturated rings. The fourth-order valence-corrected chi connectivity index (χ4v) is 3.72. The number of aliphatic carboxylic acids is 1. The number of likely N-dealkylation sites (tertiary alicyclic amines) is 1. The maximum absolute atomic E-state index is 11.6. The second-order valence-corrected chi connectivity index (χ2v) is 6.71. The average molecular weight is 289 g/mol. The minimum atomic E-state index is -0.680. The van der Waals surface area contributed by atoms with E-state index in [1.54, 1.807) is 0 Å². The molecule has 3 rings (SSSR count). The lowest BCUT2D eigenvalue weighted by atomic mass is 9.79. The highest BCUT2D eigenvalue weighted by atomic mass is 16.5. The SMILES string of the molecule is CC1COc2ccccc2C1N1CCCC(C)(C(=O)O)C1. The minimum Gasteiger partial charge on any atom is -0.493 e. The predicted molar refractivity (Wildman–Crippen MR) is 80.4 cm³/mol. The molecule has 0 saturated carbocycles. The highest BCUT2D eigenvalue weighted by molar-refractivity contribution is 5.74. The summed E-state index contributed by atoms with van der Waals surface area (Å²) < 4.78 is 5.81. The van der Waals surface area contributed by atoms with Crippen LogP contribution >= 0.6 is 0 Å². The van der Waals surface area contributed by atoms with Gasteiger partial charge >= 0.3 is 5.97 Å². The molecule has 1 aromatic carbocycles. The Morgan fingerprint density at radius 2 is 2.19 bits per heavy atom. The van der Waals surface area contributed by atoms with Crippen molar-refractivity contribution in [2.75, 3.05) is 19.7 Å². The number of piperidine rings is 1.